The molecule has 0 spiro atoms. The molecule has 1 rings (SSSR count). The molecular formula is C6H11NO. The molecule has 2 nitrogen and oxygen atoms in total. The van der Waals surface area contributed by atoms with Gasteiger partial charge in [0.1, 0.15) is 0 Å². The maximum Gasteiger partial charge on any atom is 0.0145 e. The molecular weight excluding hydrogens is 102 g/mol. The Morgan fingerprint density at radius 3 is 2.12 bits per heavy atom. The highest BCUT2D eigenvalue weighted by molar-refractivity contribution is 5.15. The summed E-state index contributed by atoms with van der Waals surface area (Å²) in [7, 11) is 0. The van der Waals surface area contributed by atoms with Gasteiger partial charge in [-0.25, -0.2) is 0 Å². The van der Waals surface area contributed by atoms with Crippen LogP contribution in [0.2, 0.25) is 0 Å². The summed E-state index contributed by atoms with van der Waals surface area (Å²) in [5.74, 6) is 0. The van der Waals surface area contributed by atoms with Gasteiger partial charge in [0.15, 0.2) is 0 Å². The Kier molecular flexibility index (Phi) is 2.28. The summed E-state index contributed by atoms with van der Waals surface area (Å²) >= 11 is 0. The Morgan fingerprint density at radius 1 is 1.38 bits per heavy atom. The highest BCUT2D eigenvalue weighted by Crippen LogP contribution is 1.99. The molecule has 0 bridgehead atoms. The zero-order valence-electron chi connectivity index (χ0n) is 5.15. The number of hydrogen-bond acceptors (Lipinski definition) is 0. The molecule has 0 fully saturated rings. The van der Waals surface area contributed by atoms with Crippen LogP contribution in [0.4, 0.5) is 0 Å². The molecule has 0 amide bonds. The fraction of sp³-hybridized carbons (Fsp3) is 0.333. The Hall–Kier alpha value is -0.760. The lowest BCUT2D eigenvalue weighted by molar-refractivity contribution is 0.824. The third-order valence-electron chi connectivity index (χ3n) is 1.22. The molecule has 0 unspecified atom stereocenters. The van der Waals surface area contributed by atoms with Gasteiger partial charge in [0, 0.05) is 11.9 Å². The Balaban J connectivity index is 0.000000490. The molecule has 2 heteroatoms. The summed E-state index contributed by atoms with van der Waals surface area (Å²) in [6.45, 7) is 4.15. The molecule has 1 aromatic heterocycles. The van der Waals surface area contributed by atoms with Crippen molar-refractivity contribution in [1.29, 1.82) is 0 Å². The first kappa shape index (κ1) is 7.24. The zero-order chi connectivity index (χ0) is 5.28. The molecule has 0 saturated heterocycles. The van der Waals surface area contributed by atoms with Crippen LogP contribution in [0, 0.1) is 13.8 Å². The van der Waals surface area contributed by atoms with Gasteiger partial charge in [0.2, 0.25) is 0 Å². The first-order valence-corrected chi connectivity index (χ1v) is 2.41. The molecule has 1 heterocycles. The number of aromatic nitrogens is 1. The standard InChI is InChI=1S/C6H9N.H2O/c1-5-3-4-7-6(5)2;/h3-4,7H,1-2H3;1H2. The third-order valence-corrected chi connectivity index (χ3v) is 1.22. The van der Waals surface area contributed by atoms with Crippen LogP contribution in [-0.2, 0) is 0 Å². The van der Waals surface area contributed by atoms with Gasteiger partial charge in [-0.2, -0.15) is 0 Å². The van der Waals surface area contributed by atoms with E-state index in [1.54, 1.807) is 0 Å². The minimum absolute atomic E-state index is 0. The molecule has 46 valence electrons. The van der Waals surface area contributed by atoms with Gasteiger partial charge in [-0.1, -0.05) is 0 Å². The van der Waals surface area contributed by atoms with E-state index in [0.717, 1.165) is 0 Å². The van der Waals surface area contributed by atoms with Gasteiger partial charge in [-0.15, -0.1) is 0 Å². The van der Waals surface area contributed by atoms with E-state index in [-0.39, 0.29) is 5.48 Å². The number of aryl methyl sites for hydroxylation is 2. The van der Waals surface area contributed by atoms with Gasteiger partial charge in [-0.05, 0) is 25.5 Å². The van der Waals surface area contributed by atoms with E-state index in [4.69, 9.17) is 0 Å². The molecule has 0 atom stereocenters. The molecule has 1 aromatic rings. The first-order valence-electron chi connectivity index (χ1n) is 2.41. The smallest absolute Gasteiger partial charge is 0.0145 e. The van der Waals surface area contributed by atoms with Crippen molar-refractivity contribution < 1.29 is 5.48 Å². The Bertz CT molecular complexity index is 141. The monoisotopic (exact) mass is 113 g/mol. The molecule has 0 radical (unpaired) electrons. The van der Waals surface area contributed by atoms with E-state index in [2.05, 4.69) is 24.9 Å². The second kappa shape index (κ2) is 2.52. The van der Waals surface area contributed by atoms with Crippen molar-refractivity contribution >= 4 is 0 Å². The van der Waals surface area contributed by atoms with Crippen LogP contribution in [0.3, 0.4) is 0 Å². The van der Waals surface area contributed by atoms with E-state index in [9.17, 15) is 0 Å². The summed E-state index contributed by atoms with van der Waals surface area (Å²) in [6.07, 6.45) is 1.95. The van der Waals surface area contributed by atoms with Crippen LogP contribution in [-0.4, -0.2) is 10.5 Å². The number of rotatable bonds is 0. The van der Waals surface area contributed by atoms with Gasteiger partial charge in [-0.3, -0.25) is 0 Å². The van der Waals surface area contributed by atoms with Crippen LogP contribution in [0.5, 0.6) is 0 Å². The third kappa shape index (κ3) is 1.10. The summed E-state index contributed by atoms with van der Waals surface area (Å²) in [5.41, 5.74) is 2.60. The maximum absolute atomic E-state index is 3.07. The van der Waals surface area contributed by atoms with Crippen molar-refractivity contribution in [1.82, 2.24) is 4.98 Å². The number of nitrogens with one attached hydrogen (secondary N) is 1. The number of hydrogen-bond donors (Lipinski definition) is 1. The van der Waals surface area contributed by atoms with Crippen molar-refractivity contribution in [2.75, 3.05) is 0 Å². The summed E-state index contributed by atoms with van der Waals surface area (Å²) in [5, 5.41) is 0. The zero-order valence-corrected chi connectivity index (χ0v) is 5.15. The molecule has 0 aliphatic heterocycles. The SMILES string of the molecule is Cc1cc[nH]c1C.O. The van der Waals surface area contributed by atoms with Crippen molar-refractivity contribution in [2.45, 2.75) is 13.8 Å². The van der Waals surface area contributed by atoms with Crippen molar-refractivity contribution in [2.24, 2.45) is 0 Å². The Morgan fingerprint density at radius 2 is 2.00 bits per heavy atom. The van der Waals surface area contributed by atoms with Gasteiger partial charge in [0.05, 0.1) is 0 Å². The highest BCUT2D eigenvalue weighted by Gasteiger charge is 1.85. The lowest BCUT2D eigenvalue weighted by Crippen LogP contribution is -1.69. The fourth-order valence-electron chi connectivity index (χ4n) is 0.531. The van der Waals surface area contributed by atoms with Gasteiger partial charge < -0.3 is 10.5 Å². The number of H-pyrrole nitrogens is 1. The average molecular weight is 113 g/mol. The predicted octanol–water partition coefficient (Wildman–Crippen LogP) is 0.807. The quantitative estimate of drug-likeness (QED) is 0.517. The van der Waals surface area contributed by atoms with E-state index < -0.39 is 0 Å². The maximum atomic E-state index is 3.07. The molecule has 8 heavy (non-hydrogen) atoms. The lowest BCUT2D eigenvalue weighted by Gasteiger charge is -1.81. The number of aromatic amines is 1. The van der Waals surface area contributed by atoms with E-state index in [0.29, 0.717) is 0 Å². The highest BCUT2D eigenvalue weighted by atomic mass is 16.0. The fourth-order valence-corrected chi connectivity index (χ4v) is 0.531. The molecule has 0 aliphatic rings. The van der Waals surface area contributed by atoms with Gasteiger partial charge in [0.25, 0.3) is 0 Å². The predicted molar refractivity (Wildman–Crippen MR) is 33.9 cm³/mol. The topological polar surface area (TPSA) is 47.3 Å². The lowest BCUT2D eigenvalue weighted by atomic mass is 10.3. The van der Waals surface area contributed by atoms with E-state index in [1.165, 1.54) is 11.3 Å². The molecule has 0 saturated carbocycles. The molecule has 0 aliphatic carbocycles. The van der Waals surface area contributed by atoms with Crippen LogP contribution < -0.4 is 0 Å². The van der Waals surface area contributed by atoms with Crippen LogP contribution in [0.15, 0.2) is 12.3 Å². The van der Waals surface area contributed by atoms with Gasteiger partial charge >= 0.3 is 0 Å². The normalized spacial score (nSPS) is 8.25. The summed E-state index contributed by atoms with van der Waals surface area (Å²) in [6, 6.07) is 2.06. The van der Waals surface area contributed by atoms with Crippen LogP contribution in [0.1, 0.15) is 11.3 Å². The Labute approximate surface area is 48.9 Å². The second-order valence-electron chi connectivity index (χ2n) is 1.79. The van der Waals surface area contributed by atoms with Crippen LogP contribution in [0.25, 0.3) is 0 Å². The van der Waals surface area contributed by atoms with Crippen molar-refractivity contribution in [3.63, 3.8) is 0 Å². The molecule has 3 N–H and O–H groups in total. The van der Waals surface area contributed by atoms with E-state index >= 15 is 0 Å². The van der Waals surface area contributed by atoms with E-state index in [1.807, 2.05) is 6.20 Å². The average Bonchev–Trinajstić information content (AvgIpc) is 1.91. The second-order valence-corrected chi connectivity index (χ2v) is 1.79. The minimum atomic E-state index is 0. The summed E-state index contributed by atoms with van der Waals surface area (Å²) < 4.78 is 0. The van der Waals surface area contributed by atoms with Crippen molar-refractivity contribution in [3.05, 3.63) is 23.5 Å². The summed E-state index contributed by atoms with van der Waals surface area (Å²) in [4.78, 5) is 3.07. The van der Waals surface area contributed by atoms with Crippen LogP contribution >= 0.6 is 0 Å². The minimum Gasteiger partial charge on any atom is -0.412 e. The van der Waals surface area contributed by atoms with Crippen molar-refractivity contribution in [3.8, 4) is 0 Å². The largest absolute Gasteiger partial charge is 0.412 e. The molecule has 0 aromatic carbocycles. The first-order chi connectivity index (χ1) is 3.30.